The zero-order valence-electron chi connectivity index (χ0n) is 8.04. The molecule has 0 radical (unpaired) electrons. The summed E-state index contributed by atoms with van der Waals surface area (Å²) in [6, 6.07) is 5.66. The van der Waals surface area contributed by atoms with Gasteiger partial charge in [0.1, 0.15) is 0 Å². The molecule has 0 aromatic heterocycles. The van der Waals surface area contributed by atoms with Crippen molar-refractivity contribution in [3.8, 4) is 0 Å². The molecule has 1 aromatic carbocycles. The van der Waals surface area contributed by atoms with Crippen LogP contribution in [-0.2, 0) is 0 Å². The summed E-state index contributed by atoms with van der Waals surface area (Å²) < 4.78 is 0. The Balaban J connectivity index is 2.96. The molecule has 0 bridgehead atoms. The predicted molar refractivity (Wildman–Crippen MR) is 58.6 cm³/mol. The number of hydrogen-bond donors (Lipinski definition) is 1. The van der Waals surface area contributed by atoms with Gasteiger partial charge in [-0.1, -0.05) is 6.58 Å². The molecular formula is C11H14N2. The van der Waals surface area contributed by atoms with Crippen molar-refractivity contribution >= 4 is 17.6 Å². The van der Waals surface area contributed by atoms with E-state index in [0.29, 0.717) is 0 Å². The van der Waals surface area contributed by atoms with E-state index in [1.807, 2.05) is 32.0 Å². The van der Waals surface area contributed by atoms with Gasteiger partial charge in [0.2, 0.25) is 0 Å². The highest BCUT2D eigenvalue weighted by Gasteiger charge is 1.94. The lowest BCUT2D eigenvalue weighted by Gasteiger charge is -2.00. The Hall–Kier alpha value is -1.57. The third-order valence-electron chi connectivity index (χ3n) is 1.64. The lowest BCUT2D eigenvalue weighted by atomic mass is 10.2. The van der Waals surface area contributed by atoms with Crippen molar-refractivity contribution in [3.05, 3.63) is 35.9 Å². The van der Waals surface area contributed by atoms with Crippen molar-refractivity contribution in [2.75, 3.05) is 5.73 Å². The Bertz CT molecular complexity index is 351. The number of allylic oxidation sites excluding steroid dienone is 1. The molecule has 0 unspecified atom stereocenters. The van der Waals surface area contributed by atoms with Crippen LogP contribution in [0.25, 0.3) is 0 Å². The largest absolute Gasteiger partial charge is 0.399 e. The summed E-state index contributed by atoms with van der Waals surface area (Å²) in [6.45, 7) is 7.64. The zero-order chi connectivity index (χ0) is 9.84. The van der Waals surface area contributed by atoms with Crippen LogP contribution in [0.5, 0.6) is 0 Å². The summed E-state index contributed by atoms with van der Waals surface area (Å²) in [7, 11) is 0. The van der Waals surface area contributed by atoms with Gasteiger partial charge < -0.3 is 5.73 Å². The van der Waals surface area contributed by atoms with E-state index in [4.69, 9.17) is 5.73 Å². The van der Waals surface area contributed by atoms with Crippen LogP contribution in [0.2, 0.25) is 0 Å². The molecular weight excluding hydrogens is 160 g/mol. The van der Waals surface area contributed by atoms with Crippen molar-refractivity contribution in [2.24, 2.45) is 4.99 Å². The molecule has 68 valence electrons. The Morgan fingerprint density at radius 2 is 2.23 bits per heavy atom. The molecule has 0 spiro atoms. The van der Waals surface area contributed by atoms with Gasteiger partial charge in [0.05, 0.1) is 5.69 Å². The van der Waals surface area contributed by atoms with E-state index in [1.165, 1.54) is 0 Å². The summed E-state index contributed by atoms with van der Waals surface area (Å²) in [4.78, 5) is 4.27. The first-order valence-electron chi connectivity index (χ1n) is 4.15. The highest BCUT2D eigenvalue weighted by molar-refractivity contribution is 5.80. The first kappa shape index (κ1) is 9.52. The molecule has 0 amide bonds. The summed E-state index contributed by atoms with van der Waals surface area (Å²) in [5.74, 6) is 0. The van der Waals surface area contributed by atoms with Gasteiger partial charge in [-0.3, -0.25) is 4.99 Å². The number of benzene rings is 1. The van der Waals surface area contributed by atoms with E-state index >= 15 is 0 Å². The molecule has 2 N–H and O–H groups in total. The number of nitrogens with zero attached hydrogens (tertiary/aromatic N) is 1. The number of aryl methyl sites for hydroxylation is 1. The Morgan fingerprint density at radius 3 is 2.77 bits per heavy atom. The van der Waals surface area contributed by atoms with E-state index in [9.17, 15) is 0 Å². The number of nitrogens with two attached hydrogens (primary N) is 1. The normalized spacial score (nSPS) is 10.6. The minimum Gasteiger partial charge on any atom is -0.399 e. The number of aliphatic imine (C=N–C) groups is 1. The van der Waals surface area contributed by atoms with E-state index in [1.54, 1.807) is 6.21 Å². The lowest BCUT2D eigenvalue weighted by Crippen LogP contribution is -1.85. The lowest BCUT2D eigenvalue weighted by molar-refractivity contribution is 1.40. The molecule has 0 heterocycles. The van der Waals surface area contributed by atoms with Crippen LogP contribution < -0.4 is 5.73 Å². The van der Waals surface area contributed by atoms with Gasteiger partial charge in [0, 0.05) is 11.9 Å². The first-order chi connectivity index (χ1) is 6.09. The number of nitrogen functional groups attached to an aromatic ring is 1. The predicted octanol–water partition coefficient (Wildman–Crippen LogP) is 2.86. The molecule has 0 aliphatic rings. The van der Waals surface area contributed by atoms with Gasteiger partial charge in [-0.05, 0) is 43.2 Å². The number of anilines is 1. The summed E-state index contributed by atoms with van der Waals surface area (Å²) in [6.07, 6.45) is 1.75. The summed E-state index contributed by atoms with van der Waals surface area (Å²) >= 11 is 0. The third-order valence-corrected chi connectivity index (χ3v) is 1.64. The Kier molecular flexibility index (Phi) is 2.85. The Labute approximate surface area is 78.8 Å². The van der Waals surface area contributed by atoms with Crippen LogP contribution in [-0.4, -0.2) is 6.21 Å². The smallest absolute Gasteiger partial charge is 0.0660 e. The zero-order valence-corrected chi connectivity index (χ0v) is 8.04. The van der Waals surface area contributed by atoms with E-state index < -0.39 is 0 Å². The maximum atomic E-state index is 5.61. The van der Waals surface area contributed by atoms with Gasteiger partial charge >= 0.3 is 0 Å². The van der Waals surface area contributed by atoms with E-state index in [2.05, 4.69) is 11.6 Å². The fraction of sp³-hybridized carbons (Fsp3) is 0.182. The van der Waals surface area contributed by atoms with Crippen molar-refractivity contribution in [1.82, 2.24) is 0 Å². The molecule has 13 heavy (non-hydrogen) atoms. The minimum absolute atomic E-state index is 0.770. The van der Waals surface area contributed by atoms with Crippen LogP contribution >= 0.6 is 0 Å². The molecule has 0 saturated heterocycles. The maximum Gasteiger partial charge on any atom is 0.0660 e. The fourth-order valence-corrected chi connectivity index (χ4v) is 1.00. The first-order valence-corrected chi connectivity index (χ1v) is 4.15. The minimum atomic E-state index is 0.770. The molecule has 0 atom stereocenters. The van der Waals surface area contributed by atoms with Crippen LogP contribution in [0, 0.1) is 6.92 Å². The van der Waals surface area contributed by atoms with Crippen LogP contribution in [0.4, 0.5) is 11.4 Å². The average Bonchev–Trinajstić information content (AvgIpc) is 2.02. The van der Waals surface area contributed by atoms with E-state index in [-0.39, 0.29) is 0 Å². The van der Waals surface area contributed by atoms with Crippen LogP contribution in [0.15, 0.2) is 35.3 Å². The SMILES string of the molecule is C=C(C)C=Nc1ccc(N)cc1C. The molecule has 1 aromatic rings. The van der Waals surface area contributed by atoms with Crippen molar-refractivity contribution < 1.29 is 0 Å². The van der Waals surface area contributed by atoms with Gasteiger partial charge in [0.25, 0.3) is 0 Å². The van der Waals surface area contributed by atoms with Gasteiger partial charge in [0.15, 0.2) is 0 Å². The topological polar surface area (TPSA) is 38.4 Å². The van der Waals surface area contributed by atoms with Gasteiger partial charge in [-0.15, -0.1) is 0 Å². The van der Waals surface area contributed by atoms with Gasteiger partial charge in [-0.2, -0.15) is 0 Å². The van der Waals surface area contributed by atoms with Crippen LogP contribution in [0.3, 0.4) is 0 Å². The monoisotopic (exact) mass is 174 g/mol. The standard InChI is InChI=1S/C11H14N2/c1-8(2)7-13-11-5-4-10(12)6-9(11)3/h4-7H,1,12H2,2-3H3. The van der Waals surface area contributed by atoms with E-state index in [0.717, 1.165) is 22.5 Å². The second kappa shape index (κ2) is 3.90. The third kappa shape index (κ3) is 2.75. The molecule has 0 aliphatic heterocycles. The summed E-state index contributed by atoms with van der Waals surface area (Å²) in [5.41, 5.74) is 9.35. The van der Waals surface area contributed by atoms with Crippen LogP contribution in [0.1, 0.15) is 12.5 Å². The Morgan fingerprint density at radius 1 is 1.54 bits per heavy atom. The second-order valence-corrected chi connectivity index (χ2v) is 3.15. The molecule has 0 saturated carbocycles. The second-order valence-electron chi connectivity index (χ2n) is 3.15. The fourth-order valence-electron chi connectivity index (χ4n) is 1.00. The van der Waals surface area contributed by atoms with Gasteiger partial charge in [-0.25, -0.2) is 0 Å². The average molecular weight is 174 g/mol. The number of rotatable bonds is 2. The molecule has 2 heteroatoms. The summed E-state index contributed by atoms with van der Waals surface area (Å²) in [5, 5.41) is 0. The van der Waals surface area contributed by atoms with Crippen molar-refractivity contribution in [1.29, 1.82) is 0 Å². The molecule has 1 rings (SSSR count). The molecule has 0 fully saturated rings. The quantitative estimate of drug-likeness (QED) is 0.543. The maximum absolute atomic E-state index is 5.61. The highest BCUT2D eigenvalue weighted by atomic mass is 14.7. The molecule has 2 nitrogen and oxygen atoms in total. The highest BCUT2D eigenvalue weighted by Crippen LogP contribution is 2.20. The number of hydrogen-bond acceptors (Lipinski definition) is 2. The van der Waals surface area contributed by atoms with Crippen molar-refractivity contribution in [3.63, 3.8) is 0 Å². The molecule has 0 aliphatic carbocycles. The van der Waals surface area contributed by atoms with Crippen molar-refractivity contribution in [2.45, 2.75) is 13.8 Å².